The third-order valence-corrected chi connectivity index (χ3v) is 1.57. The van der Waals surface area contributed by atoms with Gasteiger partial charge in [0.1, 0.15) is 0 Å². The third-order valence-electron chi connectivity index (χ3n) is 1.14. The van der Waals surface area contributed by atoms with Crippen LogP contribution in [0.3, 0.4) is 0 Å². The van der Waals surface area contributed by atoms with Crippen molar-refractivity contribution in [2.45, 2.75) is 12.5 Å². The number of rotatable bonds is 0. The Morgan fingerprint density at radius 3 is 2.89 bits per heavy atom. The van der Waals surface area contributed by atoms with E-state index in [-0.39, 0.29) is 5.62 Å². The molecule has 0 aliphatic carbocycles. The molecule has 0 aromatic carbocycles. The summed E-state index contributed by atoms with van der Waals surface area (Å²) in [5.41, 5.74) is 0.920. The number of halogens is 1. The molecule has 0 N–H and O–H groups in total. The summed E-state index contributed by atoms with van der Waals surface area (Å²) < 4.78 is 0. The molecule has 0 spiro atoms. The highest BCUT2D eigenvalue weighted by atomic mass is 35.5. The summed E-state index contributed by atoms with van der Waals surface area (Å²) in [5.74, 6) is 0. The number of hydrogen-bond acceptors (Lipinski definition) is 2. The maximum Gasteiger partial charge on any atom is 0.197 e. The van der Waals surface area contributed by atoms with Gasteiger partial charge in [-0.1, -0.05) is 11.6 Å². The van der Waals surface area contributed by atoms with E-state index in [4.69, 9.17) is 11.6 Å². The van der Waals surface area contributed by atoms with Crippen LogP contribution in [-0.2, 0) is 0 Å². The summed E-state index contributed by atoms with van der Waals surface area (Å²) in [7, 11) is 1.90. The minimum Gasteiger partial charge on any atom is -0.347 e. The molecule has 1 aliphatic rings. The fraction of sp³-hybridized carbons (Fsp3) is 0.500. The highest BCUT2D eigenvalue weighted by Crippen LogP contribution is 2.10. The molecule has 1 heterocycles. The van der Waals surface area contributed by atoms with Crippen LogP contribution in [-0.4, -0.2) is 23.8 Å². The molecule has 1 atom stereocenters. The lowest BCUT2D eigenvalue weighted by Gasteiger charge is -2.20. The Labute approximate surface area is 59.8 Å². The highest BCUT2D eigenvalue weighted by Gasteiger charge is 2.07. The molecule has 50 valence electrons. The number of allylic oxidation sites excluding steroid dienone is 1. The van der Waals surface area contributed by atoms with Crippen molar-refractivity contribution in [1.29, 1.82) is 0 Å². The van der Waals surface area contributed by atoms with Gasteiger partial charge in [-0.25, -0.2) is 0 Å². The van der Waals surface area contributed by atoms with Gasteiger partial charge in [0.05, 0.1) is 0 Å². The second-order valence-electron chi connectivity index (χ2n) is 2.13. The van der Waals surface area contributed by atoms with Crippen molar-refractivity contribution in [2.24, 2.45) is 4.99 Å². The average Bonchev–Trinajstić information content (AvgIpc) is 1.80. The Balaban J connectivity index is 2.70. The summed E-state index contributed by atoms with van der Waals surface area (Å²) in [6.07, 6.45) is 3.74. The van der Waals surface area contributed by atoms with E-state index in [9.17, 15) is 0 Å². The van der Waals surface area contributed by atoms with Crippen molar-refractivity contribution in [3.05, 3.63) is 11.8 Å². The summed E-state index contributed by atoms with van der Waals surface area (Å²) in [4.78, 5) is 5.85. The van der Waals surface area contributed by atoms with E-state index >= 15 is 0 Å². The lowest BCUT2D eigenvalue weighted by atomic mass is 10.3. The van der Waals surface area contributed by atoms with Crippen molar-refractivity contribution in [1.82, 2.24) is 4.90 Å². The van der Waals surface area contributed by atoms with Gasteiger partial charge in [-0.3, -0.25) is 4.99 Å². The zero-order valence-electron chi connectivity index (χ0n) is 5.50. The van der Waals surface area contributed by atoms with Gasteiger partial charge in [0.25, 0.3) is 0 Å². The Morgan fingerprint density at radius 2 is 2.44 bits per heavy atom. The largest absolute Gasteiger partial charge is 0.347 e. The summed E-state index contributed by atoms with van der Waals surface area (Å²) in [6, 6.07) is 0. The molecule has 1 rings (SSSR count). The zero-order valence-corrected chi connectivity index (χ0v) is 6.26. The fourth-order valence-electron chi connectivity index (χ4n) is 0.700. The second-order valence-corrected chi connectivity index (χ2v) is 2.52. The number of hydrogen-bond donors (Lipinski definition) is 0. The molecule has 0 fully saturated rings. The SMILES string of the molecule is CC1=CN(C)C(Cl)N=C1. The first kappa shape index (κ1) is 6.62. The van der Waals surface area contributed by atoms with E-state index in [1.54, 1.807) is 6.21 Å². The van der Waals surface area contributed by atoms with Crippen molar-refractivity contribution in [2.75, 3.05) is 7.05 Å². The van der Waals surface area contributed by atoms with Gasteiger partial charge in [-0.15, -0.1) is 0 Å². The second kappa shape index (κ2) is 2.40. The van der Waals surface area contributed by atoms with Crippen LogP contribution >= 0.6 is 11.6 Å². The van der Waals surface area contributed by atoms with E-state index in [0.29, 0.717) is 0 Å². The van der Waals surface area contributed by atoms with Gasteiger partial charge in [-0.05, 0) is 12.5 Å². The normalized spacial score (nSPS) is 26.3. The maximum atomic E-state index is 5.72. The van der Waals surface area contributed by atoms with Crippen LogP contribution in [0.5, 0.6) is 0 Å². The van der Waals surface area contributed by atoms with Crippen molar-refractivity contribution < 1.29 is 0 Å². The lowest BCUT2D eigenvalue weighted by molar-refractivity contribution is 0.425. The predicted octanol–water partition coefficient (Wildman–Crippen LogP) is 1.43. The van der Waals surface area contributed by atoms with Crippen molar-refractivity contribution in [3.8, 4) is 0 Å². The molecule has 3 heteroatoms. The lowest BCUT2D eigenvalue weighted by Crippen LogP contribution is -2.22. The Bertz CT molecular complexity index is 162. The molecule has 2 nitrogen and oxygen atoms in total. The standard InChI is InChI=1S/C6H9ClN2/c1-5-3-8-6(7)9(2)4-5/h3-4,6H,1-2H3. The smallest absolute Gasteiger partial charge is 0.197 e. The predicted molar refractivity (Wildman–Crippen MR) is 39.7 cm³/mol. The van der Waals surface area contributed by atoms with Crippen LogP contribution < -0.4 is 0 Å². The number of nitrogens with zero attached hydrogens (tertiary/aromatic N) is 2. The topological polar surface area (TPSA) is 15.6 Å². The molecule has 1 aliphatic heterocycles. The first-order valence-corrected chi connectivity index (χ1v) is 3.21. The van der Waals surface area contributed by atoms with Crippen LogP contribution in [0.15, 0.2) is 16.8 Å². The highest BCUT2D eigenvalue weighted by molar-refractivity contribution is 6.20. The summed E-state index contributed by atoms with van der Waals surface area (Å²) >= 11 is 5.72. The average molecular weight is 145 g/mol. The van der Waals surface area contributed by atoms with E-state index in [1.165, 1.54) is 0 Å². The van der Waals surface area contributed by atoms with E-state index < -0.39 is 0 Å². The van der Waals surface area contributed by atoms with Crippen LogP contribution in [0.1, 0.15) is 6.92 Å². The van der Waals surface area contributed by atoms with Gasteiger partial charge in [-0.2, -0.15) is 0 Å². The minimum atomic E-state index is -0.214. The van der Waals surface area contributed by atoms with Gasteiger partial charge in [0, 0.05) is 19.5 Å². The van der Waals surface area contributed by atoms with Gasteiger partial charge < -0.3 is 4.90 Å². The number of aliphatic imine (C=N–C) groups is 1. The van der Waals surface area contributed by atoms with Crippen LogP contribution in [0, 0.1) is 0 Å². The summed E-state index contributed by atoms with van der Waals surface area (Å²) in [6.45, 7) is 1.99. The fourth-order valence-corrected chi connectivity index (χ4v) is 0.813. The molecule has 0 saturated carbocycles. The van der Waals surface area contributed by atoms with E-state index in [1.807, 2.05) is 25.1 Å². The molecule has 9 heavy (non-hydrogen) atoms. The quantitative estimate of drug-likeness (QED) is 0.371. The molecule has 0 aromatic rings. The monoisotopic (exact) mass is 144 g/mol. The zero-order chi connectivity index (χ0) is 6.85. The third kappa shape index (κ3) is 1.45. The molecular formula is C6H9ClN2. The van der Waals surface area contributed by atoms with Crippen molar-refractivity contribution >= 4 is 17.8 Å². The Hall–Kier alpha value is -0.500. The van der Waals surface area contributed by atoms with Gasteiger partial charge in [0.2, 0.25) is 0 Å². The summed E-state index contributed by atoms with van der Waals surface area (Å²) in [5, 5.41) is 0. The van der Waals surface area contributed by atoms with E-state index in [2.05, 4.69) is 4.99 Å². The Kier molecular flexibility index (Phi) is 1.76. The molecule has 0 bridgehead atoms. The molecule has 0 amide bonds. The van der Waals surface area contributed by atoms with Crippen LogP contribution in [0.25, 0.3) is 0 Å². The van der Waals surface area contributed by atoms with Crippen LogP contribution in [0.4, 0.5) is 0 Å². The first-order valence-electron chi connectivity index (χ1n) is 2.78. The minimum absolute atomic E-state index is 0.214. The van der Waals surface area contributed by atoms with Crippen molar-refractivity contribution in [3.63, 3.8) is 0 Å². The van der Waals surface area contributed by atoms with Crippen LogP contribution in [0.2, 0.25) is 0 Å². The molecular weight excluding hydrogens is 136 g/mol. The number of alkyl halides is 1. The first-order chi connectivity index (χ1) is 4.20. The van der Waals surface area contributed by atoms with Gasteiger partial charge in [0.15, 0.2) is 5.62 Å². The maximum absolute atomic E-state index is 5.72. The molecule has 1 unspecified atom stereocenters. The van der Waals surface area contributed by atoms with E-state index in [0.717, 1.165) is 5.57 Å². The Morgan fingerprint density at radius 1 is 1.78 bits per heavy atom. The molecule has 0 radical (unpaired) electrons. The molecule has 0 aromatic heterocycles. The molecule has 0 saturated heterocycles. The van der Waals surface area contributed by atoms with Gasteiger partial charge >= 0.3 is 0 Å².